The van der Waals surface area contributed by atoms with Crippen molar-refractivity contribution in [3.05, 3.63) is 69.1 Å². The predicted octanol–water partition coefficient (Wildman–Crippen LogP) is 4.86. The van der Waals surface area contributed by atoms with Gasteiger partial charge in [-0.25, -0.2) is 4.98 Å². The number of aromatic amines is 1. The van der Waals surface area contributed by atoms with Crippen LogP contribution < -0.4 is 5.56 Å². The number of hydrogen-bond acceptors (Lipinski definition) is 4. The Labute approximate surface area is 200 Å². The lowest BCUT2D eigenvalue weighted by atomic mass is 10.0. The van der Waals surface area contributed by atoms with Crippen molar-refractivity contribution < 1.29 is 4.79 Å². The Morgan fingerprint density at radius 3 is 2.85 bits per heavy atom. The van der Waals surface area contributed by atoms with Crippen molar-refractivity contribution in [2.45, 2.75) is 38.5 Å². The lowest BCUT2D eigenvalue weighted by Gasteiger charge is -2.27. The summed E-state index contributed by atoms with van der Waals surface area (Å²) in [6.45, 7) is 5.93. The Hall–Kier alpha value is -2.77. The minimum Gasteiger partial charge on any atom is -0.358 e. The number of benzene rings is 2. The van der Waals surface area contributed by atoms with Crippen LogP contribution in [0.25, 0.3) is 21.8 Å². The molecule has 8 heteroatoms. The maximum Gasteiger partial charge on any atom is 0.262 e. The van der Waals surface area contributed by atoms with Gasteiger partial charge in [0.2, 0.25) is 5.91 Å². The van der Waals surface area contributed by atoms with Crippen LogP contribution in [0.2, 0.25) is 5.02 Å². The predicted molar refractivity (Wildman–Crippen MR) is 134 cm³/mol. The monoisotopic (exact) mass is 480 g/mol. The minimum atomic E-state index is -0.118. The molecule has 0 bridgehead atoms. The maximum absolute atomic E-state index is 13.2. The number of thioether (sulfide) groups is 1. The fraction of sp³-hybridized carbons (Fsp3) is 0.320. The van der Waals surface area contributed by atoms with Crippen LogP contribution in [0.1, 0.15) is 25.1 Å². The molecule has 170 valence electrons. The normalized spacial score (nSPS) is 13.8. The first-order valence-corrected chi connectivity index (χ1v) is 12.5. The zero-order valence-corrected chi connectivity index (χ0v) is 20.2. The molecule has 0 saturated carbocycles. The number of aromatic nitrogens is 3. The van der Waals surface area contributed by atoms with Gasteiger partial charge >= 0.3 is 0 Å². The van der Waals surface area contributed by atoms with Crippen LogP contribution in [0.5, 0.6) is 0 Å². The lowest BCUT2D eigenvalue weighted by Crippen LogP contribution is -2.37. The van der Waals surface area contributed by atoms with E-state index in [0.29, 0.717) is 40.7 Å². The third kappa shape index (κ3) is 4.27. The summed E-state index contributed by atoms with van der Waals surface area (Å²) in [5.74, 6) is 0.553. The zero-order valence-electron chi connectivity index (χ0n) is 18.6. The summed E-state index contributed by atoms with van der Waals surface area (Å²) in [7, 11) is 0. The van der Waals surface area contributed by atoms with E-state index in [-0.39, 0.29) is 23.1 Å². The first-order chi connectivity index (χ1) is 15.9. The van der Waals surface area contributed by atoms with Gasteiger partial charge in [-0.15, -0.1) is 0 Å². The highest BCUT2D eigenvalue weighted by molar-refractivity contribution is 7.99. The van der Waals surface area contributed by atoms with Crippen molar-refractivity contribution >= 4 is 51.1 Å². The Morgan fingerprint density at radius 1 is 1.21 bits per heavy atom. The number of carbonyl (C=O) groups excluding carboxylic acids is 1. The van der Waals surface area contributed by atoms with Gasteiger partial charge in [-0.05, 0) is 30.2 Å². The summed E-state index contributed by atoms with van der Waals surface area (Å²) in [6, 6.07) is 13.4. The summed E-state index contributed by atoms with van der Waals surface area (Å²) < 4.78 is 1.68. The molecule has 4 aromatic rings. The van der Waals surface area contributed by atoms with Crippen LogP contribution in [0.3, 0.4) is 0 Å². The molecule has 1 aliphatic rings. The van der Waals surface area contributed by atoms with E-state index in [9.17, 15) is 9.59 Å². The molecular weight excluding hydrogens is 456 g/mol. The van der Waals surface area contributed by atoms with Gasteiger partial charge in [0.15, 0.2) is 5.16 Å². The second-order valence-electron chi connectivity index (χ2n) is 8.85. The van der Waals surface area contributed by atoms with Crippen LogP contribution in [0, 0.1) is 5.92 Å². The van der Waals surface area contributed by atoms with Gasteiger partial charge in [0.05, 0.1) is 16.7 Å². The minimum absolute atomic E-state index is 0.0532. The Bertz CT molecular complexity index is 1430. The molecule has 0 saturated heterocycles. The summed E-state index contributed by atoms with van der Waals surface area (Å²) >= 11 is 7.44. The second-order valence-corrected chi connectivity index (χ2v) is 10.2. The quantitative estimate of drug-likeness (QED) is 0.327. The van der Waals surface area contributed by atoms with E-state index in [2.05, 4.69) is 31.0 Å². The van der Waals surface area contributed by atoms with Gasteiger partial charge in [-0.3, -0.25) is 14.2 Å². The van der Waals surface area contributed by atoms with Crippen molar-refractivity contribution in [3.63, 3.8) is 0 Å². The largest absolute Gasteiger partial charge is 0.358 e. The van der Waals surface area contributed by atoms with Crippen LogP contribution in [-0.4, -0.2) is 37.6 Å². The number of fused-ring (bicyclic) bond motifs is 4. The van der Waals surface area contributed by atoms with Crippen molar-refractivity contribution in [1.29, 1.82) is 0 Å². The van der Waals surface area contributed by atoms with Crippen LogP contribution in [0.4, 0.5) is 0 Å². The highest BCUT2D eigenvalue weighted by atomic mass is 35.5. The lowest BCUT2D eigenvalue weighted by molar-refractivity contribution is -0.129. The summed E-state index contributed by atoms with van der Waals surface area (Å²) in [4.78, 5) is 36.4. The van der Waals surface area contributed by atoms with E-state index >= 15 is 0 Å². The molecule has 3 heterocycles. The molecule has 0 spiro atoms. The number of nitrogens with zero attached hydrogens (tertiary/aromatic N) is 3. The van der Waals surface area contributed by atoms with Crippen molar-refractivity contribution in [1.82, 2.24) is 19.4 Å². The molecule has 0 atom stereocenters. The first-order valence-electron chi connectivity index (χ1n) is 11.1. The van der Waals surface area contributed by atoms with Crippen molar-refractivity contribution in [3.8, 4) is 0 Å². The van der Waals surface area contributed by atoms with E-state index in [4.69, 9.17) is 16.6 Å². The SMILES string of the molecule is CC(C)Cn1c(SCC(=O)N2CCc3[nH]c4ccccc4c3C2)nc2ccc(Cl)cc2c1=O. The third-order valence-electron chi connectivity index (χ3n) is 5.99. The molecule has 5 rings (SSSR count). The molecule has 6 nitrogen and oxygen atoms in total. The Kier molecular flexibility index (Phi) is 5.93. The number of H-pyrrole nitrogens is 1. The number of halogens is 1. The zero-order chi connectivity index (χ0) is 23.1. The molecule has 0 radical (unpaired) electrons. The number of carbonyl (C=O) groups is 1. The Balaban J connectivity index is 1.38. The fourth-order valence-electron chi connectivity index (χ4n) is 4.41. The van der Waals surface area contributed by atoms with E-state index < -0.39 is 0 Å². The number of hydrogen-bond donors (Lipinski definition) is 1. The smallest absolute Gasteiger partial charge is 0.262 e. The van der Waals surface area contributed by atoms with Gasteiger partial charge in [0, 0.05) is 53.2 Å². The standard InChI is InChI=1S/C25H25ClN4O2S/c1-15(2)12-30-24(32)18-11-16(26)7-8-21(18)28-25(30)33-14-23(31)29-10-9-22-19(13-29)17-5-3-4-6-20(17)27-22/h3-8,11,15,27H,9-10,12-14H2,1-2H3. The van der Waals surface area contributed by atoms with Gasteiger partial charge < -0.3 is 9.88 Å². The topological polar surface area (TPSA) is 71.0 Å². The van der Waals surface area contributed by atoms with E-state index in [1.54, 1.807) is 22.8 Å². The molecule has 0 fully saturated rings. The van der Waals surface area contributed by atoms with Gasteiger partial charge in [0.1, 0.15) is 0 Å². The second kappa shape index (κ2) is 8.88. The molecule has 1 N–H and O–H groups in total. The molecule has 33 heavy (non-hydrogen) atoms. The molecule has 2 aromatic heterocycles. The van der Waals surface area contributed by atoms with Gasteiger partial charge in [0.25, 0.3) is 5.56 Å². The summed E-state index contributed by atoms with van der Waals surface area (Å²) in [5, 5.41) is 2.76. The van der Waals surface area contributed by atoms with Gasteiger partial charge in [-0.2, -0.15) is 0 Å². The molecule has 0 aliphatic carbocycles. The molecule has 1 amide bonds. The average Bonchev–Trinajstić information content (AvgIpc) is 3.17. The molecule has 0 unspecified atom stereocenters. The number of rotatable bonds is 5. The molecular formula is C25H25ClN4O2S. The maximum atomic E-state index is 13.2. The summed E-state index contributed by atoms with van der Waals surface area (Å²) in [6.07, 6.45) is 0.813. The van der Waals surface area contributed by atoms with E-state index in [1.165, 1.54) is 28.4 Å². The van der Waals surface area contributed by atoms with Crippen molar-refractivity contribution in [2.75, 3.05) is 12.3 Å². The van der Waals surface area contributed by atoms with E-state index in [0.717, 1.165) is 11.9 Å². The first kappa shape index (κ1) is 22.0. The molecule has 1 aliphatic heterocycles. The van der Waals surface area contributed by atoms with Crippen LogP contribution >= 0.6 is 23.4 Å². The van der Waals surface area contributed by atoms with Crippen molar-refractivity contribution in [2.24, 2.45) is 5.92 Å². The summed E-state index contributed by atoms with van der Waals surface area (Å²) in [5.41, 5.74) is 4.01. The van der Waals surface area contributed by atoms with Gasteiger partial charge in [-0.1, -0.05) is 55.4 Å². The van der Waals surface area contributed by atoms with Crippen LogP contribution in [0.15, 0.2) is 52.4 Å². The highest BCUT2D eigenvalue weighted by Gasteiger charge is 2.24. The highest BCUT2D eigenvalue weighted by Crippen LogP contribution is 2.28. The fourth-order valence-corrected chi connectivity index (χ4v) is 5.49. The third-order valence-corrected chi connectivity index (χ3v) is 7.19. The number of para-hydroxylation sites is 1. The van der Waals surface area contributed by atoms with E-state index in [1.807, 2.05) is 17.0 Å². The molecule has 2 aromatic carbocycles. The number of nitrogens with one attached hydrogen (secondary N) is 1. The Morgan fingerprint density at radius 2 is 2.03 bits per heavy atom. The average molecular weight is 481 g/mol. The number of amides is 1. The van der Waals surface area contributed by atoms with Crippen LogP contribution in [-0.2, 0) is 24.3 Å².